The van der Waals surface area contributed by atoms with Crippen LogP contribution in [-0.4, -0.2) is 15.1 Å². The Labute approximate surface area is 173 Å². The van der Waals surface area contributed by atoms with E-state index in [1.54, 1.807) is 30.3 Å². The fraction of sp³-hybridized carbons (Fsp3) is 0.130. The van der Waals surface area contributed by atoms with Crippen molar-refractivity contribution in [2.45, 2.75) is 25.1 Å². The normalized spacial score (nSPS) is 13.0. The van der Waals surface area contributed by atoms with Crippen molar-refractivity contribution in [2.24, 2.45) is 0 Å². The number of hydrogen-bond donors (Lipinski definition) is 0. The van der Waals surface area contributed by atoms with Gasteiger partial charge in [-0.2, -0.15) is 0 Å². The zero-order chi connectivity index (χ0) is 21.6. The van der Waals surface area contributed by atoms with Gasteiger partial charge in [0.25, 0.3) is 0 Å². The highest BCUT2D eigenvalue weighted by Crippen LogP contribution is 2.45. The molecule has 0 saturated heterocycles. The van der Waals surface area contributed by atoms with Crippen LogP contribution in [0, 0.1) is 13.8 Å². The van der Waals surface area contributed by atoms with Gasteiger partial charge in [0.05, 0.1) is 0 Å². The minimum atomic E-state index is -4.93. The van der Waals surface area contributed by atoms with Crippen LogP contribution in [0.5, 0.6) is 5.75 Å². The molecule has 0 aliphatic carbocycles. The molecule has 0 radical (unpaired) electrons. The molecule has 3 nitrogen and oxygen atoms in total. The highest BCUT2D eigenvalue weighted by atomic mass is 32.2. The van der Waals surface area contributed by atoms with Crippen molar-refractivity contribution in [1.82, 2.24) is 0 Å². The van der Waals surface area contributed by atoms with E-state index in [1.807, 2.05) is 26.0 Å². The molecule has 4 aromatic rings. The molecular weight excluding hydrogens is 413 g/mol. The quantitative estimate of drug-likeness (QED) is 0.354. The molecule has 7 heteroatoms. The topological polar surface area (TPSA) is 49.4 Å². The van der Waals surface area contributed by atoms with E-state index in [1.165, 1.54) is 18.2 Å². The molecule has 4 aromatic carbocycles. The van der Waals surface area contributed by atoms with Crippen molar-refractivity contribution >= 4 is 32.6 Å². The zero-order valence-electron chi connectivity index (χ0n) is 16.0. The van der Waals surface area contributed by atoms with E-state index in [4.69, 9.17) is 0 Å². The number of rotatable bonds is 3. The fourth-order valence-corrected chi connectivity index (χ4v) is 4.28. The number of fused-ring (bicyclic) bond motifs is 2. The van der Waals surface area contributed by atoms with Crippen molar-refractivity contribution < 1.29 is 26.7 Å². The summed E-state index contributed by atoms with van der Waals surface area (Å²) in [6.45, 7) is 3.76. The predicted molar refractivity (Wildman–Crippen MR) is 110 cm³/mol. The van der Waals surface area contributed by atoms with Crippen LogP contribution >= 0.6 is 0 Å². The van der Waals surface area contributed by atoms with E-state index >= 15 is 0 Å². The molecule has 0 spiro atoms. The summed E-state index contributed by atoms with van der Waals surface area (Å²) in [5, 5.41) is 2.41. The molecule has 154 valence electrons. The first-order valence-electron chi connectivity index (χ1n) is 9.06. The van der Waals surface area contributed by atoms with Gasteiger partial charge >= 0.3 is 6.36 Å². The van der Waals surface area contributed by atoms with E-state index < -0.39 is 23.2 Å². The lowest BCUT2D eigenvalue weighted by molar-refractivity contribution is -0.274. The molecule has 0 aliphatic heterocycles. The van der Waals surface area contributed by atoms with E-state index in [-0.39, 0.29) is 16.0 Å². The van der Waals surface area contributed by atoms with Gasteiger partial charge in [-0.15, -0.1) is 13.2 Å². The molecule has 0 fully saturated rings. The molecule has 4 rings (SSSR count). The Morgan fingerprint density at radius 2 is 1.33 bits per heavy atom. The third-order valence-corrected chi connectivity index (χ3v) is 5.63. The number of benzene rings is 4. The standard InChI is InChI=1S/C23H17F3O3S/c1-13-3-7-17-15(11-13)5-9-19(29-23(24,25)26)21(17)22-18-8-4-14(2)12-16(18)6-10-20(22)30(27)28/h3-12H,1-2H3,(H,27,28)/p-1. The smallest absolute Gasteiger partial charge is 0.573 e. The predicted octanol–water partition coefficient (Wildman–Crippen LogP) is 6.41. The van der Waals surface area contributed by atoms with Crippen LogP contribution in [0.1, 0.15) is 11.1 Å². The van der Waals surface area contributed by atoms with Crippen LogP contribution in [0.3, 0.4) is 0 Å². The summed E-state index contributed by atoms with van der Waals surface area (Å²) in [4.78, 5) is -0.0912. The maximum atomic E-state index is 13.2. The van der Waals surface area contributed by atoms with Gasteiger partial charge in [0, 0.05) is 16.0 Å². The van der Waals surface area contributed by atoms with E-state index in [2.05, 4.69) is 4.74 Å². The Morgan fingerprint density at radius 3 is 1.87 bits per heavy atom. The van der Waals surface area contributed by atoms with Crippen LogP contribution < -0.4 is 4.74 Å². The monoisotopic (exact) mass is 429 g/mol. The number of halogens is 3. The fourth-order valence-electron chi connectivity index (χ4n) is 3.72. The second-order valence-electron chi connectivity index (χ2n) is 7.11. The van der Waals surface area contributed by atoms with E-state index in [0.29, 0.717) is 16.2 Å². The van der Waals surface area contributed by atoms with Gasteiger partial charge in [-0.1, -0.05) is 59.7 Å². The Bertz CT molecular complexity index is 1310. The minimum absolute atomic E-state index is 0.0912. The van der Waals surface area contributed by atoms with Crippen molar-refractivity contribution in [3.05, 3.63) is 71.8 Å². The minimum Gasteiger partial charge on any atom is -0.768 e. The van der Waals surface area contributed by atoms with Gasteiger partial charge in [-0.25, -0.2) is 0 Å². The molecule has 0 aliphatic rings. The van der Waals surface area contributed by atoms with Gasteiger partial charge < -0.3 is 9.29 Å². The summed E-state index contributed by atoms with van der Waals surface area (Å²) in [5.74, 6) is -0.446. The SMILES string of the molecule is Cc1ccc2c(-c3c(S(=O)[O-])ccc4cc(C)ccc34)c(OC(F)(F)F)ccc2c1. The third-order valence-electron chi connectivity index (χ3n) is 4.93. The second kappa shape index (κ2) is 7.41. The van der Waals surface area contributed by atoms with Gasteiger partial charge in [0.1, 0.15) is 5.75 Å². The maximum Gasteiger partial charge on any atom is 0.573 e. The summed E-state index contributed by atoms with van der Waals surface area (Å²) in [7, 11) is 0. The second-order valence-corrected chi connectivity index (χ2v) is 8.02. The first-order chi connectivity index (χ1) is 14.1. The van der Waals surface area contributed by atoms with Gasteiger partial charge in [-0.05, 0) is 58.6 Å². The van der Waals surface area contributed by atoms with Crippen molar-refractivity contribution in [3.63, 3.8) is 0 Å². The lowest BCUT2D eigenvalue weighted by atomic mass is 9.92. The average Bonchev–Trinajstić information content (AvgIpc) is 2.65. The summed E-state index contributed by atoms with van der Waals surface area (Å²) >= 11 is -2.67. The first kappa shape index (κ1) is 20.4. The van der Waals surface area contributed by atoms with E-state index in [9.17, 15) is 21.9 Å². The zero-order valence-corrected chi connectivity index (χ0v) is 16.9. The molecule has 1 unspecified atom stereocenters. The first-order valence-corrected chi connectivity index (χ1v) is 10.1. The molecule has 0 aromatic heterocycles. The summed E-state index contributed by atoms with van der Waals surface area (Å²) in [6, 6.07) is 16.5. The van der Waals surface area contributed by atoms with Gasteiger partial charge in [0.15, 0.2) is 0 Å². The summed E-state index contributed by atoms with van der Waals surface area (Å²) in [5.41, 5.74) is 2.16. The summed E-state index contributed by atoms with van der Waals surface area (Å²) < 4.78 is 67.9. The molecular formula is C23H16F3O3S-. The van der Waals surface area contributed by atoms with Crippen LogP contribution in [0.2, 0.25) is 0 Å². The number of aryl methyl sites for hydroxylation is 2. The van der Waals surface area contributed by atoms with Gasteiger partial charge in [-0.3, -0.25) is 4.21 Å². The van der Waals surface area contributed by atoms with Crippen LogP contribution in [0.25, 0.3) is 32.7 Å². The van der Waals surface area contributed by atoms with E-state index in [0.717, 1.165) is 16.5 Å². The lowest BCUT2D eigenvalue weighted by Gasteiger charge is -2.21. The van der Waals surface area contributed by atoms with Crippen molar-refractivity contribution in [1.29, 1.82) is 0 Å². The van der Waals surface area contributed by atoms with Crippen LogP contribution in [0.4, 0.5) is 13.2 Å². The van der Waals surface area contributed by atoms with Crippen molar-refractivity contribution in [3.8, 4) is 16.9 Å². The van der Waals surface area contributed by atoms with Crippen molar-refractivity contribution in [2.75, 3.05) is 0 Å². The Morgan fingerprint density at radius 1 is 0.800 bits per heavy atom. The Hall–Kier alpha value is -2.90. The van der Waals surface area contributed by atoms with Crippen LogP contribution in [0.15, 0.2) is 65.6 Å². The average molecular weight is 429 g/mol. The molecule has 0 N–H and O–H groups in total. The molecule has 0 amide bonds. The largest absolute Gasteiger partial charge is 0.768 e. The van der Waals surface area contributed by atoms with Crippen LogP contribution in [-0.2, 0) is 11.1 Å². The lowest BCUT2D eigenvalue weighted by Crippen LogP contribution is -2.17. The molecule has 0 saturated carbocycles. The maximum absolute atomic E-state index is 13.2. The Balaban J connectivity index is 2.19. The third kappa shape index (κ3) is 3.78. The molecule has 0 heterocycles. The highest BCUT2D eigenvalue weighted by molar-refractivity contribution is 7.79. The number of hydrogen-bond acceptors (Lipinski definition) is 3. The van der Waals surface area contributed by atoms with Gasteiger partial charge in [0.2, 0.25) is 0 Å². The number of ether oxygens (including phenoxy) is 1. The number of alkyl halides is 3. The molecule has 0 bridgehead atoms. The molecule has 1 atom stereocenters. The molecule has 30 heavy (non-hydrogen) atoms. The highest BCUT2D eigenvalue weighted by Gasteiger charge is 2.33. The summed E-state index contributed by atoms with van der Waals surface area (Å²) in [6.07, 6.45) is -4.93. The Kier molecular flexibility index (Phi) is 5.03.